The lowest BCUT2D eigenvalue weighted by Gasteiger charge is -2.05. The van der Waals surface area contributed by atoms with E-state index < -0.39 is 0 Å². The lowest BCUT2D eigenvalue weighted by Crippen LogP contribution is -2.07. The van der Waals surface area contributed by atoms with Gasteiger partial charge in [0.1, 0.15) is 10.6 Å². The Morgan fingerprint density at radius 1 is 1.44 bits per heavy atom. The molecule has 2 aromatic rings. The van der Waals surface area contributed by atoms with Crippen LogP contribution in [0.3, 0.4) is 0 Å². The molecule has 3 rings (SSSR count). The van der Waals surface area contributed by atoms with Crippen molar-refractivity contribution in [1.82, 2.24) is 0 Å². The van der Waals surface area contributed by atoms with Gasteiger partial charge in [-0.3, -0.25) is 0 Å². The molecule has 92 valence electrons. The molecule has 2 N–H and O–H groups in total. The minimum Gasteiger partial charge on any atom is -0.462 e. The largest absolute Gasteiger partial charge is 0.462 e. The Morgan fingerprint density at radius 2 is 2.22 bits per heavy atom. The van der Waals surface area contributed by atoms with Crippen molar-refractivity contribution in [3.63, 3.8) is 0 Å². The second-order valence-electron chi connectivity index (χ2n) is 4.19. The first-order valence-corrected chi connectivity index (χ1v) is 6.70. The van der Waals surface area contributed by atoms with E-state index in [1.165, 1.54) is 16.9 Å². The molecule has 1 aliphatic carbocycles. The van der Waals surface area contributed by atoms with Crippen LogP contribution in [0.5, 0.6) is 0 Å². The summed E-state index contributed by atoms with van der Waals surface area (Å²) < 4.78 is 5.10. The number of ether oxygens (including phenoxy) is 1. The van der Waals surface area contributed by atoms with Crippen LogP contribution in [0.1, 0.15) is 27.7 Å². The predicted molar refractivity (Wildman–Crippen MR) is 72.9 cm³/mol. The van der Waals surface area contributed by atoms with Gasteiger partial charge in [-0.2, -0.15) is 0 Å². The zero-order valence-electron chi connectivity index (χ0n) is 10.0. The van der Waals surface area contributed by atoms with Crippen LogP contribution in [-0.4, -0.2) is 12.6 Å². The number of benzene rings is 1. The maximum Gasteiger partial charge on any atom is 0.341 e. The van der Waals surface area contributed by atoms with Gasteiger partial charge in [0.05, 0.1) is 6.61 Å². The van der Waals surface area contributed by atoms with Gasteiger partial charge in [-0.05, 0) is 18.1 Å². The third kappa shape index (κ3) is 1.53. The first-order chi connectivity index (χ1) is 8.72. The standard InChI is InChI=1S/C14H13NO2S/c1-2-17-14(16)12-11-9-6-4-3-5-8(9)7-10(11)18-13(12)15/h3-6H,2,7,15H2,1H3. The van der Waals surface area contributed by atoms with Gasteiger partial charge in [0.15, 0.2) is 0 Å². The lowest BCUT2D eigenvalue weighted by atomic mass is 10.0. The van der Waals surface area contributed by atoms with E-state index in [1.54, 1.807) is 6.92 Å². The molecule has 0 radical (unpaired) electrons. The molecule has 3 nitrogen and oxygen atoms in total. The molecule has 1 aromatic carbocycles. The molecular weight excluding hydrogens is 246 g/mol. The first-order valence-electron chi connectivity index (χ1n) is 5.89. The highest BCUT2D eigenvalue weighted by atomic mass is 32.1. The minimum absolute atomic E-state index is 0.316. The quantitative estimate of drug-likeness (QED) is 0.719. The number of hydrogen-bond donors (Lipinski definition) is 1. The third-order valence-electron chi connectivity index (χ3n) is 3.13. The van der Waals surface area contributed by atoms with Gasteiger partial charge in [0, 0.05) is 16.9 Å². The molecule has 0 saturated heterocycles. The molecule has 0 unspecified atom stereocenters. The number of carbonyl (C=O) groups is 1. The highest BCUT2D eigenvalue weighted by Gasteiger charge is 2.29. The van der Waals surface area contributed by atoms with Crippen LogP contribution >= 0.6 is 11.3 Å². The minimum atomic E-state index is -0.316. The first kappa shape index (κ1) is 11.3. The van der Waals surface area contributed by atoms with Gasteiger partial charge in [0.25, 0.3) is 0 Å². The fraction of sp³-hybridized carbons (Fsp3) is 0.214. The van der Waals surface area contributed by atoms with Crippen LogP contribution in [-0.2, 0) is 11.2 Å². The van der Waals surface area contributed by atoms with E-state index in [0.29, 0.717) is 17.2 Å². The molecule has 0 saturated carbocycles. The van der Waals surface area contributed by atoms with E-state index >= 15 is 0 Å². The van der Waals surface area contributed by atoms with E-state index in [4.69, 9.17) is 10.5 Å². The lowest BCUT2D eigenvalue weighted by molar-refractivity contribution is 0.0529. The number of thiophene rings is 1. The number of anilines is 1. The van der Waals surface area contributed by atoms with Crippen LogP contribution in [0.15, 0.2) is 24.3 Å². The van der Waals surface area contributed by atoms with Crippen molar-refractivity contribution in [3.05, 3.63) is 40.3 Å². The summed E-state index contributed by atoms with van der Waals surface area (Å²) in [7, 11) is 0. The Hall–Kier alpha value is -1.81. The summed E-state index contributed by atoms with van der Waals surface area (Å²) in [5, 5.41) is 0.563. The topological polar surface area (TPSA) is 52.3 Å². The van der Waals surface area contributed by atoms with E-state index in [9.17, 15) is 4.79 Å². The van der Waals surface area contributed by atoms with Crippen molar-refractivity contribution in [2.24, 2.45) is 0 Å². The van der Waals surface area contributed by atoms with Crippen molar-refractivity contribution >= 4 is 22.3 Å². The van der Waals surface area contributed by atoms with E-state index in [2.05, 4.69) is 6.07 Å². The molecule has 4 heteroatoms. The van der Waals surface area contributed by atoms with Gasteiger partial charge >= 0.3 is 5.97 Å². The fourth-order valence-electron chi connectivity index (χ4n) is 2.40. The van der Waals surface area contributed by atoms with Crippen LogP contribution in [0, 0.1) is 0 Å². The van der Waals surface area contributed by atoms with Crippen molar-refractivity contribution in [3.8, 4) is 11.1 Å². The monoisotopic (exact) mass is 259 g/mol. The summed E-state index contributed by atoms with van der Waals surface area (Å²) in [6.07, 6.45) is 0.861. The Bertz CT molecular complexity index is 631. The number of nitrogen functional groups attached to an aromatic ring is 1. The van der Waals surface area contributed by atoms with Crippen LogP contribution in [0.2, 0.25) is 0 Å². The summed E-state index contributed by atoms with van der Waals surface area (Å²) in [5.41, 5.74) is 9.85. The second-order valence-corrected chi connectivity index (χ2v) is 5.33. The zero-order valence-corrected chi connectivity index (χ0v) is 10.8. The van der Waals surface area contributed by atoms with Crippen LogP contribution in [0.4, 0.5) is 5.00 Å². The van der Waals surface area contributed by atoms with Gasteiger partial charge in [-0.25, -0.2) is 4.79 Å². The normalized spacial score (nSPS) is 12.1. The maximum absolute atomic E-state index is 12.0. The van der Waals surface area contributed by atoms with Crippen LogP contribution in [0.25, 0.3) is 11.1 Å². The van der Waals surface area contributed by atoms with E-state index in [0.717, 1.165) is 22.4 Å². The number of hydrogen-bond acceptors (Lipinski definition) is 4. The summed E-state index contributed by atoms with van der Waals surface area (Å²) >= 11 is 1.49. The zero-order chi connectivity index (χ0) is 12.7. The molecule has 0 spiro atoms. The number of carbonyl (C=O) groups excluding carboxylic acids is 1. The molecule has 1 aliphatic rings. The Balaban J connectivity index is 2.17. The molecule has 1 aromatic heterocycles. The number of fused-ring (bicyclic) bond motifs is 3. The molecule has 1 heterocycles. The molecule has 0 bridgehead atoms. The average Bonchev–Trinajstić information content (AvgIpc) is 2.83. The van der Waals surface area contributed by atoms with E-state index in [-0.39, 0.29) is 5.97 Å². The van der Waals surface area contributed by atoms with E-state index in [1.807, 2.05) is 18.2 Å². The van der Waals surface area contributed by atoms with Gasteiger partial charge in [-0.1, -0.05) is 24.3 Å². The summed E-state index contributed by atoms with van der Waals surface area (Å²) in [4.78, 5) is 13.2. The average molecular weight is 259 g/mol. The number of nitrogens with two attached hydrogens (primary N) is 1. The SMILES string of the molecule is CCOC(=O)c1c(N)sc2c1-c1ccccc1C2. The number of rotatable bonds is 2. The van der Waals surface area contributed by atoms with Crippen LogP contribution < -0.4 is 5.73 Å². The molecule has 0 atom stereocenters. The highest BCUT2D eigenvalue weighted by Crippen LogP contribution is 2.46. The van der Waals surface area contributed by atoms with Gasteiger partial charge < -0.3 is 10.5 Å². The highest BCUT2D eigenvalue weighted by molar-refractivity contribution is 7.17. The van der Waals surface area contributed by atoms with Crippen molar-refractivity contribution in [1.29, 1.82) is 0 Å². The fourth-order valence-corrected chi connectivity index (χ4v) is 3.50. The second kappa shape index (κ2) is 4.14. The molecule has 0 amide bonds. The molecule has 0 aliphatic heterocycles. The summed E-state index contributed by atoms with van der Waals surface area (Å²) in [6.45, 7) is 2.17. The summed E-state index contributed by atoms with van der Waals surface area (Å²) in [5.74, 6) is -0.316. The van der Waals surface area contributed by atoms with Crippen molar-refractivity contribution < 1.29 is 9.53 Å². The Labute approximate surface area is 109 Å². The maximum atomic E-state index is 12.0. The van der Waals surface area contributed by atoms with Crippen molar-refractivity contribution in [2.75, 3.05) is 12.3 Å². The Kier molecular flexibility index (Phi) is 2.59. The van der Waals surface area contributed by atoms with Gasteiger partial charge in [-0.15, -0.1) is 11.3 Å². The summed E-state index contributed by atoms with van der Waals surface area (Å²) in [6, 6.07) is 8.13. The third-order valence-corrected chi connectivity index (χ3v) is 4.14. The van der Waals surface area contributed by atoms with Crippen molar-refractivity contribution in [2.45, 2.75) is 13.3 Å². The predicted octanol–water partition coefficient (Wildman–Crippen LogP) is 3.08. The molecule has 0 fully saturated rings. The Morgan fingerprint density at radius 3 is 3.00 bits per heavy atom. The number of esters is 1. The molecule has 18 heavy (non-hydrogen) atoms. The smallest absolute Gasteiger partial charge is 0.341 e. The molecular formula is C14H13NO2S. The van der Waals surface area contributed by atoms with Gasteiger partial charge in [0.2, 0.25) is 0 Å².